The van der Waals surface area contributed by atoms with E-state index in [9.17, 15) is 0 Å². The molecular formula is C8H20ClNO. The van der Waals surface area contributed by atoms with Gasteiger partial charge in [0, 0.05) is 13.6 Å². The van der Waals surface area contributed by atoms with Crippen molar-refractivity contribution in [1.29, 1.82) is 0 Å². The molecule has 70 valence electrons. The SMILES string of the molecule is CCCCCCCN(C)O.Cl. The fourth-order valence-electron chi connectivity index (χ4n) is 0.944. The Labute approximate surface area is 76.0 Å². The molecule has 0 rings (SSSR count). The van der Waals surface area contributed by atoms with Crippen LogP contribution in [0.2, 0.25) is 0 Å². The van der Waals surface area contributed by atoms with Crippen LogP contribution >= 0.6 is 12.4 Å². The van der Waals surface area contributed by atoms with E-state index in [0.717, 1.165) is 13.0 Å². The van der Waals surface area contributed by atoms with Crippen molar-refractivity contribution in [2.75, 3.05) is 13.6 Å². The lowest BCUT2D eigenvalue weighted by Crippen LogP contribution is -2.13. The van der Waals surface area contributed by atoms with Crippen LogP contribution in [0.25, 0.3) is 0 Å². The molecule has 0 saturated heterocycles. The quantitative estimate of drug-likeness (QED) is 0.503. The summed E-state index contributed by atoms with van der Waals surface area (Å²) in [6.45, 7) is 3.02. The number of unbranched alkanes of at least 4 members (excludes halogenated alkanes) is 4. The number of hydroxylamine groups is 2. The van der Waals surface area contributed by atoms with E-state index in [4.69, 9.17) is 5.21 Å². The topological polar surface area (TPSA) is 23.5 Å². The van der Waals surface area contributed by atoms with Crippen molar-refractivity contribution in [2.45, 2.75) is 39.0 Å². The van der Waals surface area contributed by atoms with Crippen molar-refractivity contribution in [3.8, 4) is 0 Å². The van der Waals surface area contributed by atoms with Gasteiger partial charge < -0.3 is 5.21 Å². The van der Waals surface area contributed by atoms with Gasteiger partial charge in [0.25, 0.3) is 0 Å². The molecule has 0 spiro atoms. The summed E-state index contributed by atoms with van der Waals surface area (Å²) in [7, 11) is 1.69. The van der Waals surface area contributed by atoms with Gasteiger partial charge in [0.1, 0.15) is 0 Å². The Balaban J connectivity index is 0. The van der Waals surface area contributed by atoms with Gasteiger partial charge in [0.2, 0.25) is 0 Å². The van der Waals surface area contributed by atoms with Crippen LogP contribution in [0.5, 0.6) is 0 Å². The van der Waals surface area contributed by atoms with Gasteiger partial charge in [-0.2, -0.15) is 5.06 Å². The molecule has 0 aliphatic heterocycles. The van der Waals surface area contributed by atoms with E-state index in [0.29, 0.717) is 0 Å². The van der Waals surface area contributed by atoms with Gasteiger partial charge in [-0.25, -0.2) is 0 Å². The van der Waals surface area contributed by atoms with Crippen molar-refractivity contribution < 1.29 is 5.21 Å². The van der Waals surface area contributed by atoms with Crippen molar-refractivity contribution in [1.82, 2.24) is 5.06 Å². The van der Waals surface area contributed by atoms with Crippen molar-refractivity contribution >= 4 is 12.4 Å². The summed E-state index contributed by atoms with van der Waals surface area (Å²) in [5.41, 5.74) is 0. The standard InChI is InChI=1S/C8H19NO.ClH/c1-3-4-5-6-7-8-9(2)10;/h10H,3-8H2,1-2H3;1H. The average molecular weight is 182 g/mol. The summed E-state index contributed by atoms with van der Waals surface area (Å²) in [5.74, 6) is 0. The van der Waals surface area contributed by atoms with Gasteiger partial charge in [-0.3, -0.25) is 0 Å². The van der Waals surface area contributed by atoms with Crippen LogP contribution in [0.15, 0.2) is 0 Å². The lowest BCUT2D eigenvalue weighted by Gasteiger charge is -2.06. The Bertz CT molecular complexity index is 69.1. The number of nitrogens with zero attached hydrogens (tertiary/aromatic N) is 1. The molecule has 2 nitrogen and oxygen atoms in total. The van der Waals surface area contributed by atoms with E-state index in [1.54, 1.807) is 7.05 Å². The zero-order valence-corrected chi connectivity index (χ0v) is 8.36. The van der Waals surface area contributed by atoms with Crippen LogP contribution in [0.4, 0.5) is 0 Å². The largest absolute Gasteiger partial charge is 0.314 e. The van der Waals surface area contributed by atoms with Crippen LogP contribution in [0, 0.1) is 0 Å². The van der Waals surface area contributed by atoms with Gasteiger partial charge in [-0.05, 0) is 6.42 Å². The van der Waals surface area contributed by atoms with Gasteiger partial charge in [0.15, 0.2) is 0 Å². The number of halogens is 1. The summed E-state index contributed by atoms with van der Waals surface area (Å²) >= 11 is 0. The summed E-state index contributed by atoms with van der Waals surface area (Å²) in [4.78, 5) is 0. The van der Waals surface area contributed by atoms with Crippen molar-refractivity contribution in [3.05, 3.63) is 0 Å². The lowest BCUT2D eigenvalue weighted by atomic mass is 10.1. The van der Waals surface area contributed by atoms with Crippen LogP contribution in [0.1, 0.15) is 39.0 Å². The van der Waals surface area contributed by atoms with Crippen molar-refractivity contribution in [2.24, 2.45) is 0 Å². The second-order valence-electron chi connectivity index (χ2n) is 2.80. The van der Waals surface area contributed by atoms with Crippen LogP contribution in [-0.4, -0.2) is 23.9 Å². The monoisotopic (exact) mass is 181 g/mol. The molecule has 0 aromatic carbocycles. The first-order chi connectivity index (χ1) is 4.77. The molecule has 0 aliphatic carbocycles. The summed E-state index contributed by atoms with van der Waals surface area (Å²) in [6, 6.07) is 0. The molecule has 0 fully saturated rings. The molecule has 3 heteroatoms. The second-order valence-corrected chi connectivity index (χ2v) is 2.80. The molecule has 0 aromatic heterocycles. The molecule has 0 atom stereocenters. The smallest absolute Gasteiger partial charge is 0.0235 e. The minimum Gasteiger partial charge on any atom is -0.314 e. The highest BCUT2D eigenvalue weighted by molar-refractivity contribution is 5.85. The first-order valence-corrected chi connectivity index (χ1v) is 4.17. The van der Waals surface area contributed by atoms with E-state index in [2.05, 4.69) is 6.92 Å². The minimum atomic E-state index is 0. The highest BCUT2D eigenvalue weighted by Gasteiger charge is 1.91. The maximum Gasteiger partial charge on any atom is 0.0235 e. The zero-order chi connectivity index (χ0) is 7.82. The maximum atomic E-state index is 8.74. The van der Waals surface area contributed by atoms with E-state index >= 15 is 0 Å². The fourth-order valence-corrected chi connectivity index (χ4v) is 0.944. The third-order valence-corrected chi connectivity index (χ3v) is 1.59. The molecule has 0 amide bonds. The predicted molar refractivity (Wildman–Crippen MR) is 50.4 cm³/mol. The maximum absolute atomic E-state index is 8.74. The molecule has 0 aromatic rings. The van der Waals surface area contributed by atoms with Crippen LogP contribution < -0.4 is 0 Å². The molecular weight excluding hydrogens is 162 g/mol. The second kappa shape index (κ2) is 10.2. The predicted octanol–water partition coefficient (Wildman–Crippen LogP) is 2.70. The van der Waals surface area contributed by atoms with Gasteiger partial charge in [-0.1, -0.05) is 32.6 Å². The van der Waals surface area contributed by atoms with Crippen molar-refractivity contribution in [3.63, 3.8) is 0 Å². The molecule has 0 saturated carbocycles. The zero-order valence-electron chi connectivity index (χ0n) is 7.55. The third-order valence-electron chi connectivity index (χ3n) is 1.59. The Kier molecular flexibility index (Phi) is 12.8. The highest BCUT2D eigenvalue weighted by atomic mass is 35.5. The molecule has 11 heavy (non-hydrogen) atoms. The Morgan fingerprint density at radius 1 is 1.09 bits per heavy atom. The third kappa shape index (κ3) is 13.2. The minimum absolute atomic E-state index is 0. The summed E-state index contributed by atoms with van der Waals surface area (Å²) < 4.78 is 0. The Hall–Kier alpha value is 0.210. The number of rotatable bonds is 6. The van der Waals surface area contributed by atoms with Gasteiger partial charge in [0.05, 0.1) is 0 Å². The van der Waals surface area contributed by atoms with E-state index in [-0.39, 0.29) is 12.4 Å². The molecule has 0 unspecified atom stereocenters. The normalized spacial score (nSPS) is 9.82. The van der Waals surface area contributed by atoms with E-state index in [1.807, 2.05) is 0 Å². The fraction of sp³-hybridized carbons (Fsp3) is 1.00. The average Bonchev–Trinajstić information content (AvgIpc) is 1.87. The summed E-state index contributed by atoms with van der Waals surface area (Å²) in [5, 5.41) is 10.00. The van der Waals surface area contributed by atoms with Crippen LogP contribution in [0.3, 0.4) is 0 Å². The lowest BCUT2D eigenvalue weighted by molar-refractivity contribution is -0.0655. The number of hydrogen-bond donors (Lipinski definition) is 1. The molecule has 0 radical (unpaired) electrons. The van der Waals surface area contributed by atoms with Crippen LogP contribution in [-0.2, 0) is 0 Å². The first kappa shape index (κ1) is 13.8. The highest BCUT2D eigenvalue weighted by Crippen LogP contribution is 2.01. The molecule has 0 bridgehead atoms. The Morgan fingerprint density at radius 3 is 2.09 bits per heavy atom. The molecule has 0 heterocycles. The van der Waals surface area contributed by atoms with Gasteiger partial charge in [-0.15, -0.1) is 12.4 Å². The summed E-state index contributed by atoms with van der Waals surface area (Å²) in [6.07, 6.45) is 6.29. The van der Waals surface area contributed by atoms with E-state index < -0.39 is 0 Å². The Morgan fingerprint density at radius 2 is 1.64 bits per heavy atom. The first-order valence-electron chi connectivity index (χ1n) is 4.17. The molecule has 0 aliphatic rings. The molecule has 1 N–H and O–H groups in total. The number of hydrogen-bond acceptors (Lipinski definition) is 2. The van der Waals surface area contributed by atoms with E-state index in [1.165, 1.54) is 30.7 Å². The van der Waals surface area contributed by atoms with Gasteiger partial charge >= 0.3 is 0 Å².